The zero-order valence-corrected chi connectivity index (χ0v) is 16.3. The van der Waals surface area contributed by atoms with E-state index in [-0.39, 0.29) is 11.8 Å². The highest BCUT2D eigenvalue weighted by Crippen LogP contribution is 2.23. The van der Waals surface area contributed by atoms with E-state index in [9.17, 15) is 4.79 Å². The topological polar surface area (TPSA) is 64.2 Å². The zero-order chi connectivity index (χ0) is 19.7. The van der Waals surface area contributed by atoms with Crippen molar-refractivity contribution in [1.29, 1.82) is 0 Å². The Kier molecular flexibility index (Phi) is 4.69. The molecule has 1 aromatic carbocycles. The maximum absolute atomic E-state index is 12.9. The van der Waals surface area contributed by atoms with Crippen LogP contribution >= 0.6 is 0 Å². The van der Waals surface area contributed by atoms with E-state index in [1.165, 1.54) is 5.56 Å². The fraction of sp³-hybridized carbons (Fsp3) is 0.227. The summed E-state index contributed by atoms with van der Waals surface area (Å²) in [6.07, 6.45) is 5.51. The lowest BCUT2D eigenvalue weighted by atomic mass is 10.0. The van der Waals surface area contributed by atoms with Crippen molar-refractivity contribution in [2.24, 2.45) is 0 Å². The fourth-order valence-electron chi connectivity index (χ4n) is 3.32. The third-order valence-electron chi connectivity index (χ3n) is 4.72. The molecule has 3 heterocycles. The van der Waals surface area contributed by atoms with Gasteiger partial charge in [-0.15, -0.1) is 0 Å². The van der Waals surface area contributed by atoms with Crippen molar-refractivity contribution in [3.05, 3.63) is 83.6 Å². The summed E-state index contributed by atoms with van der Waals surface area (Å²) in [5.74, 6) is 0.0128. The minimum absolute atomic E-state index is 0.140. The van der Waals surface area contributed by atoms with Gasteiger partial charge in [0.2, 0.25) is 0 Å². The molecule has 3 aromatic heterocycles. The predicted molar refractivity (Wildman–Crippen MR) is 109 cm³/mol. The maximum Gasteiger partial charge on any atom is 0.255 e. The van der Waals surface area contributed by atoms with E-state index in [2.05, 4.69) is 36.2 Å². The number of pyridine rings is 1. The molecule has 0 aliphatic rings. The summed E-state index contributed by atoms with van der Waals surface area (Å²) in [5.41, 5.74) is 5.32. The third-order valence-corrected chi connectivity index (χ3v) is 4.72. The second kappa shape index (κ2) is 7.31. The predicted octanol–water partition coefficient (Wildman–Crippen LogP) is 3.88. The van der Waals surface area contributed by atoms with Gasteiger partial charge in [-0.1, -0.05) is 37.6 Å². The van der Waals surface area contributed by atoms with Crippen molar-refractivity contribution in [3.8, 4) is 5.69 Å². The molecule has 6 nitrogen and oxygen atoms in total. The molecule has 1 N–H and O–H groups in total. The van der Waals surface area contributed by atoms with Crippen LogP contribution in [-0.2, 0) is 6.54 Å². The van der Waals surface area contributed by atoms with Gasteiger partial charge >= 0.3 is 0 Å². The SMILES string of the molecule is Cc1ccc(-n2ncc(C(=O)NCc3cn4ccccc4n3)c2C(C)C)cc1. The molecule has 0 radical (unpaired) electrons. The summed E-state index contributed by atoms with van der Waals surface area (Å²) in [7, 11) is 0. The Morgan fingerprint density at radius 3 is 2.64 bits per heavy atom. The van der Waals surface area contributed by atoms with Crippen LogP contribution in [-0.4, -0.2) is 25.1 Å². The van der Waals surface area contributed by atoms with Gasteiger partial charge in [0, 0.05) is 12.4 Å². The molecule has 0 spiro atoms. The molecule has 0 bridgehead atoms. The second-order valence-corrected chi connectivity index (χ2v) is 7.23. The molecular formula is C22H23N5O. The highest BCUT2D eigenvalue weighted by atomic mass is 16.1. The average molecular weight is 373 g/mol. The number of nitrogens with one attached hydrogen (secondary N) is 1. The van der Waals surface area contributed by atoms with E-state index in [4.69, 9.17) is 0 Å². The van der Waals surface area contributed by atoms with Crippen LogP contribution < -0.4 is 5.32 Å². The molecule has 4 aromatic rings. The molecule has 1 amide bonds. The first-order valence-electron chi connectivity index (χ1n) is 9.38. The summed E-state index contributed by atoms with van der Waals surface area (Å²) in [6, 6.07) is 14.0. The van der Waals surface area contributed by atoms with Gasteiger partial charge in [0.1, 0.15) is 5.65 Å². The van der Waals surface area contributed by atoms with Crippen molar-refractivity contribution in [2.45, 2.75) is 33.2 Å². The molecule has 0 aliphatic heterocycles. The lowest BCUT2D eigenvalue weighted by Gasteiger charge is -2.13. The average Bonchev–Trinajstić information content (AvgIpc) is 3.31. The Hall–Kier alpha value is -3.41. The van der Waals surface area contributed by atoms with E-state index in [1.807, 2.05) is 63.9 Å². The minimum Gasteiger partial charge on any atom is -0.346 e. The molecule has 4 rings (SSSR count). The third kappa shape index (κ3) is 3.41. The van der Waals surface area contributed by atoms with Crippen molar-refractivity contribution >= 4 is 11.6 Å². The number of carbonyl (C=O) groups excluding carboxylic acids is 1. The number of hydrogen-bond donors (Lipinski definition) is 1. The van der Waals surface area contributed by atoms with Gasteiger partial charge in [0.15, 0.2) is 0 Å². The normalized spacial score (nSPS) is 11.3. The summed E-state index contributed by atoms with van der Waals surface area (Å²) in [6.45, 7) is 6.56. The van der Waals surface area contributed by atoms with E-state index < -0.39 is 0 Å². The maximum atomic E-state index is 12.9. The molecule has 0 saturated carbocycles. The van der Waals surface area contributed by atoms with Gasteiger partial charge in [-0.3, -0.25) is 4.79 Å². The monoisotopic (exact) mass is 373 g/mol. The van der Waals surface area contributed by atoms with Crippen LogP contribution in [0.1, 0.15) is 47.1 Å². The van der Waals surface area contributed by atoms with E-state index in [1.54, 1.807) is 6.20 Å². The molecule has 0 aliphatic carbocycles. The van der Waals surface area contributed by atoms with E-state index in [0.717, 1.165) is 22.7 Å². The Morgan fingerprint density at radius 1 is 1.14 bits per heavy atom. The lowest BCUT2D eigenvalue weighted by Crippen LogP contribution is -2.24. The van der Waals surface area contributed by atoms with Gasteiger partial charge in [0.25, 0.3) is 5.91 Å². The van der Waals surface area contributed by atoms with Gasteiger partial charge in [-0.2, -0.15) is 5.10 Å². The zero-order valence-electron chi connectivity index (χ0n) is 16.3. The number of amides is 1. The molecule has 28 heavy (non-hydrogen) atoms. The van der Waals surface area contributed by atoms with Crippen LogP contribution in [0, 0.1) is 6.92 Å². The Morgan fingerprint density at radius 2 is 1.93 bits per heavy atom. The van der Waals surface area contributed by atoms with Gasteiger partial charge in [-0.25, -0.2) is 9.67 Å². The van der Waals surface area contributed by atoms with Gasteiger partial charge in [-0.05, 0) is 37.1 Å². The van der Waals surface area contributed by atoms with Crippen molar-refractivity contribution in [1.82, 2.24) is 24.5 Å². The molecule has 6 heteroatoms. The van der Waals surface area contributed by atoms with Crippen LogP contribution in [0.3, 0.4) is 0 Å². The van der Waals surface area contributed by atoms with Crippen molar-refractivity contribution < 1.29 is 4.79 Å². The molecule has 142 valence electrons. The molecule has 0 fully saturated rings. The Balaban J connectivity index is 1.57. The molecule has 0 atom stereocenters. The number of hydrogen-bond acceptors (Lipinski definition) is 3. The quantitative estimate of drug-likeness (QED) is 0.577. The van der Waals surface area contributed by atoms with Gasteiger partial charge < -0.3 is 9.72 Å². The Labute approximate surface area is 163 Å². The van der Waals surface area contributed by atoms with Crippen LogP contribution in [0.15, 0.2) is 61.1 Å². The number of nitrogens with zero attached hydrogens (tertiary/aromatic N) is 4. The first-order chi connectivity index (χ1) is 13.5. The summed E-state index contributed by atoms with van der Waals surface area (Å²) >= 11 is 0. The molecular weight excluding hydrogens is 350 g/mol. The van der Waals surface area contributed by atoms with Crippen LogP contribution in [0.25, 0.3) is 11.3 Å². The number of aromatic nitrogens is 4. The lowest BCUT2D eigenvalue weighted by molar-refractivity contribution is 0.0949. The number of rotatable bonds is 5. The fourth-order valence-corrected chi connectivity index (χ4v) is 3.32. The number of benzene rings is 1. The Bertz CT molecular complexity index is 1090. The number of imidazole rings is 1. The number of fused-ring (bicyclic) bond motifs is 1. The molecule has 0 unspecified atom stereocenters. The first-order valence-corrected chi connectivity index (χ1v) is 9.38. The smallest absolute Gasteiger partial charge is 0.255 e. The summed E-state index contributed by atoms with van der Waals surface area (Å²) < 4.78 is 3.79. The van der Waals surface area contributed by atoms with Crippen LogP contribution in [0.2, 0.25) is 0 Å². The van der Waals surface area contributed by atoms with Crippen molar-refractivity contribution in [3.63, 3.8) is 0 Å². The highest BCUT2D eigenvalue weighted by Gasteiger charge is 2.21. The minimum atomic E-state index is -0.140. The highest BCUT2D eigenvalue weighted by molar-refractivity contribution is 5.95. The van der Waals surface area contributed by atoms with E-state index >= 15 is 0 Å². The second-order valence-electron chi connectivity index (χ2n) is 7.23. The number of carbonyl (C=O) groups is 1. The largest absolute Gasteiger partial charge is 0.346 e. The summed E-state index contributed by atoms with van der Waals surface area (Å²) in [5, 5.41) is 7.46. The summed E-state index contributed by atoms with van der Waals surface area (Å²) in [4.78, 5) is 17.4. The van der Waals surface area contributed by atoms with Gasteiger partial charge in [0.05, 0.1) is 35.4 Å². The van der Waals surface area contributed by atoms with Crippen LogP contribution in [0.5, 0.6) is 0 Å². The van der Waals surface area contributed by atoms with Crippen molar-refractivity contribution in [2.75, 3.05) is 0 Å². The van der Waals surface area contributed by atoms with Crippen LogP contribution in [0.4, 0.5) is 0 Å². The molecule has 0 saturated heterocycles. The standard InChI is InChI=1S/C22H23N5O/c1-15(2)21-19(13-24-27(21)18-9-7-16(3)8-10-18)22(28)23-12-17-14-26-11-5-4-6-20(26)25-17/h4-11,13-15H,12H2,1-3H3,(H,23,28). The number of aryl methyl sites for hydroxylation is 1. The van der Waals surface area contributed by atoms with E-state index in [0.29, 0.717) is 12.1 Å². The first kappa shape index (κ1) is 18.0.